The highest BCUT2D eigenvalue weighted by atomic mass is 32.2. The molecule has 0 aromatic heterocycles. The monoisotopic (exact) mass is 536 g/mol. The highest BCUT2D eigenvalue weighted by molar-refractivity contribution is 7.89. The molecule has 0 bridgehead atoms. The molecule has 2 aromatic rings. The second kappa shape index (κ2) is 11.6. The van der Waals surface area contributed by atoms with E-state index >= 15 is 0 Å². The molecule has 2 aromatic carbocycles. The summed E-state index contributed by atoms with van der Waals surface area (Å²) in [4.78, 5) is 0.977. The summed E-state index contributed by atoms with van der Waals surface area (Å²) in [5, 5.41) is -0.131. The minimum atomic E-state index is -3.91. The van der Waals surface area contributed by atoms with Crippen LogP contribution in [0.15, 0.2) is 70.5 Å². The van der Waals surface area contributed by atoms with Gasteiger partial charge in [-0.3, -0.25) is 4.18 Å². The van der Waals surface area contributed by atoms with Crippen LogP contribution >= 0.6 is 0 Å². The first kappa shape index (κ1) is 29.6. The third-order valence-corrected chi connectivity index (χ3v) is 12.6. The van der Waals surface area contributed by atoms with Crippen molar-refractivity contribution >= 4 is 29.2 Å². The van der Waals surface area contributed by atoms with Crippen molar-refractivity contribution in [3.8, 4) is 0 Å². The van der Waals surface area contributed by atoms with Crippen LogP contribution in [0.5, 0.6) is 0 Å². The maximum Gasteiger partial charge on any atom is 0.265 e. The summed E-state index contributed by atoms with van der Waals surface area (Å²) in [6, 6.07) is 16.9. The predicted molar refractivity (Wildman–Crippen MR) is 148 cm³/mol. The Morgan fingerprint density at radius 1 is 1.00 bits per heavy atom. The van der Waals surface area contributed by atoms with Crippen LogP contribution in [0.2, 0.25) is 18.1 Å². The van der Waals surface area contributed by atoms with Gasteiger partial charge in [0.2, 0.25) is 0 Å². The average molecular weight is 537 g/mol. The van der Waals surface area contributed by atoms with Crippen LogP contribution in [0.3, 0.4) is 0 Å². The minimum Gasteiger partial charge on any atom is -0.407 e. The highest BCUT2D eigenvalue weighted by Crippen LogP contribution is 2.43. The van der Waals surface area contributed by atoms with Crippen LogP contribution in [-0.2, 0) is 29.5 Å². The molecule has 0 N–H and O–H groups in total. The fourth-order valence-corrected chi connectivity index (χ4v) is 6.59. The molecule has 0 fully saturated rings. The van der Waals surface area contributed by atoms with Crippen molar-refractivity contribution in [1.29, 1.82) is 0 Å². The molecule has 3 atom stereocenters. The molecule has 0 heterocycles. The van der Waals surface area contributed by atoms with E-state index in [1.165, 1.54) is 0 Å². The van der Waals surface area contributed by atoms with Crippen LogP contribution in [0.4, 0.5) is 0 Å². The number of benzene rings is 2. The van der Waals surface area contributed by atoms with Gasteiger partial charge < -0.3 is 4.43 Å². The van der Waals surface area contributed by atoms with Gasteiger partial charge >= 0.3 is 0 Å². The number of aryl methyl sites for hydroxylation is 1. The Balaban J connectivity index is 2.77. The third-order valence-electron chi connectivity index (χ3n) is 6.14. The summed E-state index contributed by atoms with van der Waals surface area (Å²) in [7, 11) is -7.96. The maximum absolute atomic E-state index is 13.9. The van der Waals surface area contributed by atoms with Crippen molar-refractivity contribution in [3.05, 3.63) is 76.7 Å². The minimum absolute atomic E-state index is 0.00866. The van der Waals surface area contributed by atoms with E-state index < -0.39 is 41.4 Å². The molecule has 0 amide bonds. The zero-order valence-electron chi connectivity index (χ0n) is 22.4. The van der Waals surface area contributed by atoms with Crippen molar-refractivity contribution < 1.29 is 21.2 Å². The predicted octanol–water partition coefficient (Wildman–Crippen LogP) is 6.75. The van der Waals surface area contributed by atoms with Crippen molar-refractivity contribution in [2.24, 2.45) is 5.92 Å². The summed E-state index contributed by atoms with van der Waals surface area (Å²) in [5.74, 6) is 0.00866. The van der Waals surface area contributed by atoms with Gasteiger partial charge in [0.1, 0.15) is 12.2 Å². The first-order chi connectivity index (χ1) is 16.0. The fourth-order valence-electron chi connectivity index (χ4n) is 3.27. The van der Waals surface area contributed by atoms with Gasteiger partial charge in [-0.1, -0.05) is 88.7 Å². The Bertz CT molecular complexity index is 1130. The Morgan fingerprint density at radius 2 is 1.54 bits per heavy atom. The van der Waals surface area contributed by atoms with E-state index in [2.05, 4.69) is 33.9 Å². The summed E-state index contributed by atoms with van der Waals surface area (Å²) >= 11 is 0. The molecule has 194 valence electrons. The molecule has 5 nitrogen and oxygen atoms in total. The molecule has 0 aliphatic rings. The number of hydrogen-bond acceptors (Lipinski definition) is 5. The Kier molecular flexibility index (Phi) is 9.86. The lowest BCUT2D eigenvalue weighted by molar-refractivity contribution is 0.0735. The molecular formula is C27H40O5S2Si. The summed E-state index contributed by atoms with van der Waals surface area (Å²) in [5.41, 5.74) is 1.83. The molecule has 2 rings (SSSR count). The van der Waals surface area contributed by atoms with Crippen LogP contribution in [-0.4, -0.2) is 33.3 Å². The second-order valence-electron chi connectivity index (χ2n) is 10.8. The Labute approximate surface area is 215 Å². The van der Waals surface area contributed by atoms with E-state index in [0.29, 0.717) is 9.80 Å². The molecule has 35 heavy (non-hydrogen) atoms. The van der Waals surface area contributed by atoms with Crippen molar-refractivity contribution in [3.63, 3.8) is 0 Å². The lowest BCUT2D eigenvalue weighted by Crippen LogP contribution is -2.45. The normalized spacial score (nSPS) is 16.2. The van der Waals surface area contributed by atoms with Gasteiger partial charge in [-0.2, -0.15) is 8.42 Å². The summed E-state index contributed by atoms with van der Waals surface area (Å²) in [6.07, 6.45) is 1.02. The number of allylic oxidation sites excluding steroid dienone is 1. The van der Waals surface area contributed by atoms with Gasteiger partial charge in [-0.15, -0.1) is 0 Å². The maximum atomic E-state index is 13.9. The van der Waals surface area contributed by atoms with Crippen molar-refractivity contribution in [1.82, 2.24) is 0 Å². The van der Waals surface area contributed by atoms with E-state index in [4.69, 9.17) is 8.61 Å². The van der Waals surface area contributed by atoms with Crippen LogP contribution in [0.25, 0.3) is 0 Å². The standard InChI is InChI=1S/C27H40O5S2Si/c1-20(2)19-24(33(28)23-17-15-21(3)16-18-23)26(31-34(7,29)30)25(22-13-11-10-12-14-22)32-35(8,9)27(4,5)6/h10-20,25-26H,1-9H3/b24-19+/t25-,26-,33+/m0/s1. The lowest BCUT2D eigenvalue weighted by atomic mass is 10.0. The topological polar surface area (TPSA) is 69.7 Å². The molecule has 0 aliphatic heterocycles. The van der Waals surface area contributed by atoms with E-state index in [9.17, 15) is 12.6 Å². The van der Waals surface area contributed by atoms with E-state index in [1.54, 1.807) is 0 Å². The van der Waals surface area contributed by atoms with Crippen molar-refractivity contribution in [2.45, 2.75) is 76.8 Å². The van der Waals surface area contributed by atoms with Gasteiger partial charge in [0.05, 0.1) is 22.0 Å². The van der Waals surface area contributed by atoms with E-state index in [0.717, 1.165) is 17.4 Å². The quantitative estimate of drug-likeness (QED) is 0.248. The molecule has 0 spiro atoms. The van der Waals surface area contributed by atoms with Crippen LogP contribution in [0.1, 0.15) is 51.8 Å². The average Bonchev–Trinajstić information content (AvgIpc) is 2.73. The Morgan fingerprint density at radius 3 is 2.00 bits per heavy atom. The highest BCUT2D eigenvalue weighted by Gasteiger charge is 2.44. The molecule has 8 heteroatoms. The number of hydrogen-bond donors (Lipinski definition) is 0. The zero-order valence-corrected chi connectivity index (χ0v) is 25.0. The van der Waals surface area contributed by atoms with E-state index in [-0.39, 0.29) is 11.0 Å². The van der Waals surface area contributed by atoms with Gasteiger partial charge in [0, 0.05) is 4.90 Å². The van der Waals surface area contributed by atoms with Gasteiger partial charge in [0.25, 0.3) is 10.1 Å². The molecular weight excluding hydrogens is 497 g/mol. The zero-order chi connectivity index (χ0) is 26.6. The smallest absolute Gasteiger partial charge is 0.265 e. The molecule has 0 aliphatic carbocycles. The SMILES string of the molecule is Cc1ccc([S@@](=O)/C(=C/C(C)C)[C@H](OS(C)(=O)=O)[C@@H](O[Si](C)(C)C(C)(C)C)c2ccccc2)cc1. The third kappa shape index (κ3) is 8.50. The van der Waals surface area contributed by atoms with E-state index in [1.807, 2.05) is 81.4 Å². The largest absolute Gasteiger partial charge is 0.407 e. The molecule has 0 unspecified atom stereocenters. The summed E-state index contributed by atoms with van der Waals surface area (Å²) < 4.78 is 51.6. The summed E-state index contributed by atoms with van der Waals surface area (Å²) in [6.45, 7) is 16.5. The fraction of sp³-hybridized carbons (Fsp3) is 0.481. The Hall–Kier alpha value is -1.58. The second-order valence-corrected chi connectivity index (χ2v) is 18.7. The first-order valence-corrected chi connectivity index (χ1v) is 17.7. The number of rotatable bonds is 10. The van der Waals surface area contributed by atoms with Crippen LogP contribution in [0, 0.1) is 12.8 Å². The molecule has 0 saturated heterocycles. The molecule has 0 saturated carbocycles. The van der Waals surface area contributed by atoms with Crippen molar-refractivity contribution in [2.75, 3.05) is 6.26 Å². The van der Waals surface area contributed by atoms with Gasteiger partial charge in [-0.25, -0.2) is 4.21 Å². The first-order valence-electron chi connectivity index (χ1n) is 11.8. The molecule has 0 radical (unpaired) electrons. The van der Waals surface area contributed by atoms with Crippen LogP contribution < -0.4 is 0 Å². The van der Waals surface area contributed by atoms with Gasteiger partial charge in [-0.05, 0) is 48.7 Å². The lowest BCUT2D eigenvalue weighted by Gasteiger charge is -2.41. The van der Waals surface area contributed by atoms with Gasteiger partial charge in [0.15, 0.2) is 8.32 Å².